The molecule has 154 valence electrons. The molecule has 0 saturated carbocycles. The Balaban J connectivity index is 1.64. The SMILES string of the molecule is CC(C)N1C(=O)/C(=C/c2cn(-c3ccccc3)nc2-c2nc3ccccc3s2)SC1=S. The monoisotopic (exact) mass is 462 g/mol. The van der Waals surface area contributed by atoms with Crippen LogP contribution in [0.25, 0.3) is 32.7 Å². The minimum Gasteiger partial charge on any atom is -0.290 e. The molecule has 5 nitrogen and oxygen atoms in total. The number of aromatic nitrogens is 3. The van der Waals surface area contributed by atoms with Gasteiger partial charge in [0, 0.05) is 17.8 Å². The molecule has 2 aromatic carbocycles. The number of para-hydroxylation sites is 2. The fourth-order valence-corrected chi connectivity index (χ4v) is 5.90. The van der Waals surface area contributed by atoms with Gasteiger partial charge >= 0.3 is 0 Å². The molecule has 31 heavy (non-hydrogen) atoms. The van der Waals surface area contributed by atoms with E-state index in [1.54, 1.807) is 16.2 Å². The van der Waals surface area contributed by atoms with Crippen molar-refractivity contribution in [2.24, 2.45) is 0 Å². The Morgan fingerprint density at radius 1 is 1.06 bits per heavy atom. The Bertz CT molecular complexity index is 1300. The van der Waals surface area contributed by atoms with Crippen LogP contribution in [0.5, 0.6) is 0 Å². The van der Waals surface area contributed by atoms with E-state index in [-0.39, 0.29) is 11.9 Å². The van der Waals surface area contributed by atoms with Crippen molar-refractivity contribution in [1.29, 1.82) is 0 Å². The molecule has 0 N–H and O–H groups in total. The number of fused-ring (bicyclic) bond motifs is 1. The van der Waals surface area contributed by atoms with Gasteiger partial charge in [-0.3, -0.25) is 9.69 Å². The predicted octanol–water partition coefficient (Wildman–Crippen LogP) is 5.76. The second kappa shape index (κ2) is 8.03. The van der Waals surface area contributed by atoms with E-state index in [0.29, 0.717) is 9.23 Å². The highest BCUT2D eigenvalue weighted by atomic mass is 32.2. The van der Waals surface area contributed by atoms with Crippen LogP contribution in [0.2, 0.25) is 0 Å². The summed E-state index contributed by atoms with van der Waals surface area (Å²) in [5.74, 6) is -0.0623. The zero-order chi connectivity index (χ0) is 21.5. The molecule has 2 aromatic heterocycles. The van der Waals surface area contributed by atoms with Crippen LogP contribution in [-0.2, 0) is 4.79 Å². The molecule has 1 aliphatic heterocycles. The fourth-order valence-electron chi connectivity index (χ4n) is 3.41. The van der Waals surface area contributed by atoms with Gasteiger partial charge in [-0.15, -0.1) is 11.3 Å². The van der Waals surface area contributed by atoms with Gasteiger partial charge in [0.25, 0.3) is 5.91 Å². The maximum atomic E-state index is 12.9. The molecule has 4 aromatic rings. The van der Waals surface area contributed by atoms with Crippen molar-refractivity contribution in [3.8, 4) is 16.4 Å². The second-order valence-corrected chi connectivity index (χ2v) is 10.1. The maximum Gasteiger partial charge on any atom is 0.266 e. The van der Waals surface area contributed by atoms with Gasteiger partial charge in [-0.05, 0) is 44.2 Å². The quantitative estimate of drug-likeness (QED) is 0.285. The number of carbonyl (C=O) groups is 1. The van der Waals surface area contributed by atoms with Gasteiger partial charge in [0.05, 0.1) is 20.8 Å². The number of hydrogen-bond acceptors (Lipinski definition) is 6. The summed E-state index contributed by atoms with van der Waals surface area (Å²) in [4.78, 5) is 20.0. The molecule has 0 atom stereocenters. The summed E-state index contributed by atoms with van der Waals surface area (Å²) in [7, 11) is 0. The lowest BCUT2D eigenvalue weighted by atomic mass is 10.2. The van der Waals surface area contributed by atoms with E-state index in [4.69, 9.17) is 22.3 Å². The summed E-state index contributed by atoms with van der Waals surface area (Å²) in [5.41, 5.74) is 3.47. The van der Waals surface area contributed by atoms with E-state index in [1.807, 2.05) is 79.3 Å². The summed E-state index contributed by atoms with van der Waals surface area (Å²) >= 11 is 8.36. The van der Waals surface area contributed by atoms with E-state index in [2.05, 4.69) is 6.07 Å². The minimum atomic E-state index is -0.0623. The van der Waals surface area contributed by atoms with Gasteiger partial charge in [-0.2, -0.15) is 5.10 Å². The van der Waals surface area contributed by atoms with Crippen LogP contribution in [0.4, 0.5) is 0 Å². The lowest BCUT2D eigenvalue weighted by Crippen LogP contribution is -2.34. The zero-order valence-corrected chi connectivity index (χ0v) is 19.3. The first kappa shape index (κ1) is 20.1. The molecule has 1 fully saturated rings. The van der Waals surface area contributed by atoms with E-state index in [0.717, 1.165) is 32.2 Å². The van der Waals surface area contributed by atoms with Crippen LogP contribution in [0.15, 0.2) is 65.7 Å². The molecule has 5 rings (SSSR count). The molecule has 1 aliphatic rings. The lowest BCUT2D eigenvalue weighted by molar-refractivity contribution is -0.123. The van der Waals surface area contributed by atoms with Crippen molar-refractivity contribution in [3.63, 3.8) is 0 Å². The highest BCUT2D eigenvalue weighted by Crippen LogP contribution is 2.37. The molecule has 0 radical (unpaired) electrons. The number of benzene rings is 2. The number of carbonyl (C=O) groups excluding carboxylic acids is 1. The lowest BCUT2D eigenvalue weighted by Gasteiger charge is -2.18. The number of rotatable bonds is 4. The Kier molecular flexibility index (Phi) is 5.21. The first-order valence-electron chi connectivity index (χ1n) is 9.79. The number of nitrogens with zero attached hydrogens (tertiary/aromatic N) is 4. The Labute approximate surface area is 193 Å². The number of hydrogen-bond donors (Lipinski definition) is 0. The molecule has 0 bridgehead atoms. The molecular formula is C23H18N4OS3. The van der Waals surface area contributed by atoms with Gasteiger partial charge < -0.3 is 0 Å². The van der Waals surface area contributed by atoms with Crippen molar-refractivity contribution < 1.29 is 4.79 Å². The topological polar surface area (TPSA) is 51.0 Å². The number of amides is 1. The van der Waals surface area contributed by atoms with Crippen LogP contribution >= 0.6 is 35.3 Å². The van der Waals surface area contributed by atoms with Crippen LogP contribution in [0.3, 0.4) is 0 Å². The van der Waals surface area contributed by atoms with E-state index >= 15 is 0 Å². The summed E-state index contributed by atoms with van der Waals surface area (Å²) in [6.45, 7) is 3.93. The van der Waals surface area contributed by atoms with Gasteiger partial charge in [-0.1, -0.05) is 54.3 Å². The molecule has 0 unspecified atom stereocenters. The highest BCUT2D eigenvalue weighted by molar-refractivity contribution is 8.26. The number of thioether (sulfide) groups is 1. The van der Waals surface area contributed by atoms with E-state index in [1.165, 1.54) is 11.8 Å². The van der Waals surface area contributed by atoms with Crippen LogP contribution in [0.1, 0.15) is 19.4 Å². The summed E-state index contributed by atoms with van der Waals surface area (Å²) in [6.07, 6.45) is 3.83. The highest BCUT2D eigenvalue weighted by Gasteiger charge is 2.34. The van der Waals surface area contributed by atoms with Gasteiger partial charge in [0.2, 0.25) is 0 Å². The molecule has 1 saturated heterocycles. The van der Waals surface area contributed by atoms with Crippen LogP contribution < -0.4 is 0 Å². The zero-order valence-electron chi connectivity index (χ0n) is 16.9. The van der Waals surface area contributed by atoms with Crippen LogP contribution in [0, 0.1) is 0 Å². The van der Waals surface area contributed by atoms with E-state index in [9.17, 15) is 4.79 Å². The summed E-state index contributed by atoms with van der Waals surface area (Å²) < 4.78 is 3.52. The first-order valence-corrected chi connectivity index (χ1v) is 11.8. The van der Waals surface area contributed by atoms with Crippen molar-refractivity contribution >= 4 is 61.8 Å². The van der Waals surface area contributed by atoms with Crippen molar-refractivity contribution in [2.75, 3.05) is 0 Å². The molecule has 0 spiro atoms. The number of thiazole rings is 1. The second-order valence-electron chi connectivity index (χ2n) is 7.35. The maximum absolute atomic E-state index is 12.9. The largest absolute Gasteiger partial charge is 0.290 e. The average molecular weight is 463 g/mol. The average Bonchev–Trinajstić information content (AvgIpc) is 3.44. The fraction of sp³-hybridized carbons (Fsp3) is 0.130. The van der Waals surface area contributed by atoms with Gasteiger partial charge in [0.15, 0.2) is 0 Å². The molecule has 3 heterocycles. The predicted molar refractivity (Wildman–Crippen MR) is 132 cm³/mol. The van der Waals surface area contributed by atoms with Crippen molar-refractivity contribution in [1.82, 2.24) is 19.7 Å². The Morgan fingerprint density at radius 2 is 1.81 bits per heavy atom. The van der Waals surface area contributed by atoms with Crippen molar-refractivity contribution in [3.05, 3.63) is 71.3 Å². The van der Waals surface area contributed by atoms with Gasteiger partial charge in [0.1, 0.15) is 15.0 Å². The minimum absolute atomic E-state index is 0.0224. The van der Waals surface area contributed by atoms with E-state index < -0.39 is 0 Å². The summed E-state index contributed by atoms with van der Waals surface area (Å²) in [5, 5.41) is 5.66. The summed E-state index contributed by atoms with van der Waals surface area (Å²) in [6, 6.07) is 18.0. The smallest absolute Gasteiger partial charge is 0.266 e. The third-order valence-corrected chi connectivity index (χ3v) is 7.26. The standard InChI is InChI=1S/C23H18N4OS3/c1-14(2)27-22(28)19(31-23(27)29)12-15-13-26(16-8-4-3-5-9-16)25-20(15)21-24-17-10-6-7-11-18(17)30-21/h3-14H,1-2H3/b19-12-. The Morgan fingerprint density at radius 3 is 2.52 bits per heavy atom. The number of thiocarbonyl (C=S) groups is 1. The molecule has 0 aliphatic carbocycles. The van der Waals surface area contributed by atoms with Crippen molar-refractivity contribution in [2.45, 2.75) is 19.9 Å². The first-order chi connectivity index (χ1) is 15.0. The third kappa shape index (κ3) is 3.71. The van der Waals surface area contributed by atoms with Gasteiger partial charge in [-0.25, -0.2) is 9.67 Å². The van der Waals surface area contributed by atoms with Crippen LogP contribution in [-0.4, -0.2) is 35.9 Å². The third-order valence-electron chi connectivity index (χ3n) is 4.89. The molecule has 1 amide bonds. The molecule has 8 heteroatoms. The molecular weight excluding hydrogens is 444 g/mol. The Hall–Kier alpha value is -2.81. The normalized spacial score (nSPS) is 15.7.